The first-order chi connectivity index (χ1) is 28.8. The third-order valence-corrected chi connectivity index (χ3v) is 13.4. The Labute approximate surface area is 336 Å². The molecule has 13 rings (SSSR count). The summed E-state index contributed by atoms with van der Waals surface area (Å²) < 4.78 is 5.23. The summed E-state index contributed by atoms with van der Waals surface area (Å²) >= 11 is 0. The lowest BCUT2D eigenvalue weighted by atomic mass is 9.99. The summed E-state index contributed by atoms with van der Waals surface area (Å²) in [7, 11) is 0. The van der Waals surface area contributed by atoms with Crippen LogP contribution in [0.3, 0.4) is 0 Å². The third kappa shape index (κ3) is 4.40. The van der Waals surface area contributed by atoms with Crippen LogP contribution in [0.5, 0.6) is 0 Å². The van der Waals surface area contributed by atoms with Crippen LogP contribution in [0.4, 0.5) is 22.7 Å². The average molecular weight is 747 g/mol. The van der Waals surface area contributed by atoms with E-state index in [1.54, 1.807) is 0 Å². The summed E-state index contributed by atoms with van der Waals surface area (Å²) in [4.78, 5) is 5.16. The second-order valence-corrected chi connectivity index (χ2v) is 16.5. The van der Waals surface area contributed by atoms with Crippen LogP contribution in [0.15, 0.2) is 146 Å². The van der Waals surface area contributed by atoms with Crippen LogP contribution in [-0.4, -0.2) is 20.9 Å². The van der Waals surface area contributed by atoms with Crippen molar-refractivity contribution < 1.29 is 0 Å². The highest BCUT2D eigenvalue weighted by atomic mass is 15.2. The minimum atomic E-state index is 0.236. The summed E-state index contributed by atoms with van der Waals surface area (Å²) in [6, 6.07) is 37.2. The third-order valence-electron chi connectivity index (χ3n) is 13.4. The first kappa shape index (κ1) is 32.3. The predicted octanol–water partition coefficient (Wildman–Crippen LogP) is 10.4. The van der Waals surface area contributed by atoms with Crippen LogP contribution >= 0.6 is 0 Å². The Morgan fingerprint density at radius 2 is 0.897 bits per heavy atom. The molecule has 0 fully saturated rings. The number of aromatic nitrogens is 2. The Balaban J connectivity index is 1.12. The molecule has 4 nitrogen and oxygen atoms in total. The molecule has 4 aliphatic carbocycles. The SMILES string of the molecule is C1=CCC(N(c2ccccc2)c2ccc3c4cc5c(cc4n4c6c(c2c34)=CCCC=6)c2ccc(N(c3ccccc3)C3C=CC=CC3)c3c4c(n5c32)=CCCC=4)C=C1. The molecule has 0 N–H and O–H groups in total. The maximum absolute atomic E-state index is 2.61. The molecule has 0 aliphatic heterocycles. The van der Waals surface area contributed by atoms with E-state index in [1.807, 2.05) is 0 Å². The average Bonchev–Trinajstić information content (AvgIpc) is 4.02. The van der Waals surface area contributed by atoms with E-state index in [0.29, 0.717) is 0 Å². The van der Waals surface area contributed by atoms with Crippen molar-refractivity contribution in [3.63, 3.8) is 0 Å². The highest BCUT2D eigenvalue weighted by Gasteiger charge is 2.29. The van der Waals surface area contributed by atoms with Crippen molar-refractivity contribution in [2.24, 2.45) is 0 Å². The molecule has 4 aliphatic rings. The topological polar surface area (TPSA) is 15.3 Å². The van der Waals surface area contributed by atoms with Gasteiger partial charge in [0.25, 0.3) is 0 Å². The van der Waals surface area contributed by atoms with Gasteiger partial charge in [0, 0.05) is 64.8 Å². The fraction of sp³-hybridized carbons (Fsp3) is 0.148. The molecule has 4 heterocycles. The molecule has 0 radical (unpaired) electrons. The number of fused-ring (bicyclic) bond motifs is 12. The molecule has 5 aromatic carbocycles. The summed E-state index contributed by atoms with van der Waals surface area (Å²) in [6.07, 6.45) is 34.3. The summed E-state index contributed by atoms with van der Waals surface area (Å²) in [5.41, 5.74) is 10.3. The van der Waals surface area contributed by atoms with Gasteiger partial charge >= 0.3 is 0 Å². The standard InChI is InChI=1S/C54H42N4/c1-5-17-35(18-6-1)55(36-19-7-2-8-20-36)47-31-29-39-43-33-50-44(34-49(43)57-45-27-15-13-25-41(45)51(47)53(39)57)40-30-32-48(52-42-26-14-16-28-46(42)58(50)54(40)52)56(37-21-9-3-10-22-37)38-23-11-4-12-24-38/h1-12,17-19,21-23,25-34,36,38H,13-16,20,24H2. The number of rotatable bonds is 6. The molecule has 9 aromatic rings. The summed E-state index contributed by atoms with van der Waals surface area (Å²) in [5, 5.41) is 13.5. The summed E-state index contributed by atoms with van der Waals surface area (Å²) in [5.74, 6) is 0. The van der Waals surface area contributed by atoms with Crippen molar-refractivity contribution in [3.8, 4) is 0 Å². The number of benzene rings is 5. The molecule has 0 spiro atoms. The lowest BCUT2D eigenvalue weighted by Crippen LogP contribution is -2.32. The van der Waals surface area contributed by atoms with Crippen LogP contribution in [-0.2, 0) is 0 Å². The van der Waals surface area contributed by atoms with Crippen LogP contribution in [0.25, 0.3) is 78.7 Å². The molecular weight excluding hydrogens is 705 g/mol. The zero-order valence-electron chi connectivity index (χ0n) is 32.4. The molecule has 0 saturated carbocycles. The van der Waals surface area contributed by atoms with Crippen LogP contribution < -0.4 is 30.9 Å². The van der Waals surface area contributed by atoms with Gasteiger partial charge < -0.3 is 18.6 Å². The highest BCUT2D eigenvalue weighted by molar-refractivity contribution is 6.25. The van der Waals surface area contributed by atoms with Gasteiger partial charge in [-0.2, -0.15) is 0 Å². The smallest absolute Gasteiger partial charge is 0.0641 e. The van der Waals surface area contributed by atoms with E-state index in [4.69, 9.17) is 0 Å². The molecule has 2 unspecified atom stereocenters. The van der Waals surface area contributed by atoms with Crippen molar-refractivity contribution >= 4 is 101 Å². The van der Waals surface area contributed by atoms with Gasteiger partial charge in [0.05, 0.1) is 45.5 Å². The fourth-order valence-corrected chi connectivity index (χ4v) is 11.0. The van der Waals surface area contributed by atoms with E-state index < -0.39 is 0 Å². The van der Waals surface area contributed by atoms with Crippen molar-refractivity contribution in [2.75, 3.05) is 9.80 Å². The van der Waals surface area contributed by atoms with Gasteiger partial charge in [0.1, 0.15) is 0 Å². The number of nitrogens with zero attached hydrogens (tertiary/aromatic N) is 4. The van der Waals surface area contributed by atoms with Crippen molar-refractivity contribution in [3.05, 3.63) is 167 Å². The van der Waals surface area contributed by atoms with Crippen molar-refractivity contribution in [1.82, 2.24) is 8.80 Å². The first-order valence-corrected chi connectivity index (χ1v) is 21.1. The lowest BCUT2D eigenvalue weighted by molar-refractivity contribution is 0.787. The van der Waals surface area contributed by atoms with Gasteiger partial charge in [0.15, 0.2) is 0 Å². The number of allylic oxidation sites excluding steroid dienone is 4. The Morgan fingerprint density at radius 3 is 1.33 bits per heavy atom. The summed E-state index contributed by atoms with van der Waals surface area (Å²) in [6.45, 7) is 0. The molecule has 58 heavy (non-hydrogen) atoms. The Hall–Kier alpha value is -6.78. The Bertz CT molecular complexity index is 3290. The molecular formula is C54H42N4. The molecule has 0 saturated heterocycles. The van der Waals surface area contributed by atoms with E-state index >= 15 is 0 Å². The zero-order valence-corrected chi connectivity index (χ0v) is 32.4. The second kappa shape index (κ2) is 12.4. The molecule has 4 aromatic heterocycles. The normalized spacial score (nSPS) is 18.6. The number of hydrogen-bond acceptors (Lipinski definition) is 2. The predicted molar refractivity (Wildman–Crippen MR) is 246 cm³/mol. The molecule has 0 amide bonds. The minimum Gasteiger partial charge on any atom is -0.334 e. The maximum atomic E-state index is 2.61. The lowest BCUT2D eigenvalue weighted by Gasteiger charge is -2.33. The monoisotopic (exact) mass is 746 g/mol. The quantitative estimate of drug-likeness (QED) is 0.168. The molecule has 4 heteroatoms. The number of para-hydroxylation sites is 2. The Kier molecular flexibility index (Phi) is 6.89. The van der Waals surface area contributed by atoms with Crippen LogP contribution in [0.1, 0.15) is 38.5 Å². The Morgan fingerprint density at radius 1 is 0.448 bits per heavy atom. The van der Waals surface area contributed by atoms with Gasteiger partial charge in [-0.25, -0.2) is 0 Å². The van der Waals surface area contributed by atoms with Crippen LogP contribution in [0, 0.1) is 0 Å². The molecule has 0 bridgehead atoms. The van der Waals surface area contributed by atoms with Crippen LogP contribution in [0.2, 0.25) is 0 Å². The largest absolute Gasteiger partial charge is 0.334 e. The van der Waals surface area contributed by atoms with E-state index in [0.717, 1.165) is 38.5 Å². The van der Waals surface area contributed by atoms with E-state index in [9.17, 15) is 0 Å². The highest BCUT2D eigenvalue weighted by Crippen LogP contribution is 2.44. The van der Waals surface area contributed by atoms with Crippen molar-refractivity contribution in [2.45, 2.75) is 50.6 Å². The molecule has 2 atom stereocenters. The van der Waals surface area contributed by atoms with Crippen molar-refractivity contribution in [1.29, 1.82) is 0 Å². The molecule has 278 valence electrons. The minimum absolute atomic E-state index is 0.236. The van der Waals surface area contributed by atoms with Gasteiger partial charge in [-0.3, -0.25) is 0 Å². The second-order valence-electron chi connectivity index (χ2n) is 16.5. The van der Waals surface area contributed by atoms with Gasteiger partial charge in [-0.15, -0.1) is 0 Å². The van der Waals surface area contributed by atoms with Gasteiger partial charge in [0.2, 0.25) is 0 Å². The van der Waals surface area contributed by atoms with Gasteiger partial charge in [-0.05, 0) is 87.1 Å². The zero-order chi connectivity index (χ0) is 37.9. The first-order valence-electron chi connectivity index (χ1n) is 21.1. The van der Waals surface area contributed by atoms with E-state index in [1.165, 1.54) is 98.3 Å². The number of anilines is 4. The van der Waals surface area contributed by atoms with E-state index in [-0.39, 0.29) is 12.1 Å². The van der Waals surface area contributed by atoms with Gasteiger partial charge in [-0.1, -0.05) is 121 Å². The maximum Gasteiger partial charge on any atom is 0.0641 e. The number of hydrogen-bond donors (Lipinski definition) is 0. The fourth-order valence-electron chi connectivity index (χ4n) is 11.0. The van der Waals surface area contributed by atoms with E-state index in [2.05, 4.69) is 189 Å².